The Hall–Kier alpha value is -5.28. The van der Waals surface area contributed by atoms with Gasteiger partial charge in [0.05, 0.1) is 28.5 Å². The number of pyridine rings is 2. The van der Waals surface area contributed by atoms with Crippen molar-refractivity contribution in [1.29, 1.82) is 0 Å². The molecule has 0 aliphatic carbocycles. The number of aryl methyl sites for hydroxylation is 2. The van der Waals surface area contributed by atoms with Crippen LogP contribution in [0.1, 0.15) is 67.8 Å². The highest BCUT2D eigenvalue weighted by atomic mass is 15.0. The van der Waals surface area contributed by atoms with Gasteiger partial charge in [-0.05, 0) is 90.9 Å². The Morgan fingerprint density at radius 1 is 0.735 bits per heavy atom. The van der Waals surface area contributed by atoms with Crippen LogP contribution >= 0.6 is 0 Å². The molecule has 0 fully saturated rings. The minimum absolute atomic E-state index is 0.0947. The zero-order valence-corrected chi connectivity index (χ0v) is 28.8. The second-order valence-electron chi connectivity index (χ2n) is 15.6. The maximum absolute atomic E-state index is 4.78. The molecule has 0 amide bonds. The van der Waals surface area contributed by atoms with Crippen LogP contribution in [0.25, 0.3) is 66.3 Å². The SMILES string of the molecule is C=C1CC2C(CCc3cc4c(cc3-c3cccc[n+]31)c1cccc3c5cc(C(C)(C)C)ccc5n4c31)c1ccccc1-c1ccc(C)c[n+]12. The van der Waals surface area contributed by atoms with Gasteiger partial charge in [0.1, 0.15) is 0 Å². The van der Waals surface area contributed by atoms with Crippen LogP contribution in [0.15, 0.2) is 122 Å². The molecule has 0 spiro atoms. The number of nitrogens with zero attached hydrogens (tertiary/aromatic N) is 3. The first-order valence-corrected chi connectivity index (χ1v) is 17.8. The fraction of sp³-hybridized carbons (Fsp3) is 0.217. The molecular weight excluding hydrogens is 595 g/mol. The van der Waals surface area contributed by atoms with Gasteiger partial charge in [-0.15, -0.1) is 0 Å². The number of para-hydroxylation sites is 1. The molecule has 3 heteroatoms. The molecule has 3 nitrogen and oxygen atoms in total. The molecule has 2 aliphatic heterocycles. The van der Waals surface area contributed by atoms with E-state index in [0.717, 1.165) is 25.0 Å². The number of hydrogen-bond acceptors (Lipinski definition) is 0. The Balaban J connectivity index is 1.24. The van der Waals surface area contributed by atoms with Crippen molar-refractivity contribution >= 4 is 43.8 Å². The van der Waals surface area contributed by atoms with Crippen molar-refractivity contribution in [2.45, 2.75) is 64.3 Å². The van der Waals surface area contributed by atoms with E-state index in [1.54, 1.807) is 0 Å². The Morgan fingerprint density at radius 3 is 2.37 bits per heavy atom. The molecule has 10 rings (SSSR count). The number of hydrogen-bond donors (Lipinski definition) is 0. The predicted octanol–water partition coefficient (Wildman–Crippen LogP) is 10.5. The standard InChI is InChI=1S/C46H41N3/c1-28-16-20-41-33-12-7-6-11-32(33)34-19-17-30-24-44-39(26-37(30)40-15-8-9-22-47(40)29(2)23-43(34)48(41)27-28)36-14-10-13-35-38-25-31(46(3,4)5)18-21-42(38)49(44)45(35)36/h6-16,18,20-22,24-27,34,43H,2,17,19,23H2,1,3-5H3/q+2. The van der Waals surface area contributed by atoms with Gasteiger partial charge in [-0.2, -0.15) is 9.13 Å². The highest BCUT2D eigenvalue weighted by molar-refractivity contribution is 6.23. The van der Waals surface area contributed by atoms with Crippen molar-refractivity contribution in [3.63, 3.8) is 0 Å². The topological polar surface area (TPSA) is 12.2 Å². The maximum Gasteiger partial charge on any atom is 0.218 e. The van der Waals surface area contributed by atoms with E-state index in [0.29, 0.717) is 5.92 Å². The molecule has 6 heterocycles. The van der Waals surface area contributed by atoms with E-state index in [1.807, 2.05) is 0 Å². The lowest BCUT2D eigenvalue weighted by Gasteiger charge is -2.31. The van der Waals surface area contributed by atoms with Gasteiger partial charge in [-0.25, -0.2) is 0 Å². The van der Waals surface area contributed by atoms with Crippen LogP contribution in [0.4, 0.5) is 0 Å². The smallest absolute Gasteiger partial charge is 0.218 e. The first kappa shape index (κ1) is 28.7. The Bertz CT molecular complexity index is 2670. The number of allylic oxidation sites excluding steroid dienone is 1. The van der Waals surface area contributed by atoms with Gasteiger partial charge < -0.3 is 4.40 Å². The molecule has 0 bridgehead atoms. The average molecular weight is 636 g/mol. The second-order valence-corrected chi connectivity index (χ2v) is 15.6. The minimum atomic E-state index is 0.0947. The Kier molecular flexibility index (Phi) is 5.93. The van der Waals surface area contributed by atoms with Gasteiger partial charge >= 0.3 is 0 Å². The summed E-state index contributed by atoms with van der Waals surface area (Å²) in [7, 11) is 0. The third-order valence-electron chi connectivity index (χ3n) is 11.6. The summed E-state index contributed by atoms with van der Waals surface area (Å²) in [5, 5.41) is 5.33. The molecule has 8 aromatic rings. The fourth-order valence-electron chi connectivity index (χ4n) is 9.24. The van der Waals surface area contributed by atoms with Crippen LogP contribution in [-0.2, 0) is 11.8 Å². The Labute approximate surface area is 287 Å². The number of benzene rings is 4. The summed E-state index contributed by atoms with van der Waals surface area (Å²) in [5.74, 6) is 0.367. The lowest BCUT2D eigenvalue weighted by molar-refractivity contribution is -0.720. The van der Waals surface area contributed by atoms with E-state index < -0.39 is 0 Å². The van der Waals surface area contributed by atoms with Crippen molar-refractivity contribution in [3.8, 4) is 22.5 Å². The van der Waals surface area contributed by atoms with Gasteiger partial charge in [-0.1, -0.05) is 63.2 Å². The number of fused-ring (bicyclic) bond motifs is 15. The summed E-state index contributed by atoms with van der Waals surface area (Å²) in [4.78, 5) is 0. The molecule has 2 unspecified atom stereocenters. The third kappa shape index (κ3) is 4.08. The van der Waals surface area contributed by atoms with Gasteiger partial charge in [0.2, 0.25) is 11.4 Å². The van der Waals surface area contributed by atoms with E-state index in [2.05, 4.69) is 157 Å². The number of rotatable bonds is 0. The normalized spacial score (nSPS) is 17.6. The molecule has 2 atom stereocenters. The second kappa shape index (κ2) is 10.1. The average Bonchev–Trinajstić information content (AvgIpc) is 3.61. The molecule has 2 aliphatic rings. The monoisotopic (exact) mass is 635 g/mol. The summed E-state index contributed by atoms with van der Waals surface area (Å²) < 4.78 is 7.48. The van der Waals surface area contributed by atoms with E-state index in [4.69, 9.17) is 6.58 Å². The quantitative estimate of drug-likeness (QED) is 0.147. The number of aromatic nitrogens is 3. The van der Waals surface area contributed by atoms with E-state index >= 15 is 0 Å². The summed E-state index contributed by atoms with van der Waals surface area (Å²) in [6.45, 7) is 13.9. The van der Waals surface area contributed by atoms with E-state index in [1.165, 1.54) is 82.9 Å². The molecular formula is C46H41N3+2. The van der Waals surface area contributed by atoms with Gasteiger partial charge in [-0.3, -0.25) is 0 Å². The molecule has 0 N–H and O–H groups in total. The summed E-state index contributed by atoms with van der Waals surface area (Å²) >= 11 is 0. The molecule has 0 saturated carbocycles. The van der Waals surface area contributed by atoms with Gasteiger partial charge in [0, 0.05) is 56.8 Å². The van der Waals surface area contributed by atoms with Gasteiger partial charge in [0.15, 0.2) is 24.1 Å². The summed E-state index contributed by atoms with van der Waals surface area (Å²) in [6.07, 6.45) is 7.53. The molecule has 4 aromatic heterocycles. The van der Waals surface area contributed by atoms with Crippen LogP contribution in [0.5, 0.6) is 0 Å². The third-order valence-corrected chi connectivity index (χ3v) is 11.6. The minimum Gasteiger partial charge on any atom is -0.308 e. The van der Waals surface area contributed by atoms with Crippen LogP contribution in [0.3, 0.4) is 0 Å². The molecule has 238 valence electrons. The maximum atomic E-state index is 4.78. The molecule has 4 aromatic carbocycles. The van der Waals surface area contributed by atoms with Crippen LogP contribution < -0.4 is 9.13 Å². The Morgan fingerprint density at radius 2 is 1.53 bits per heavy atom. The van der Waals surface area contributed by atoms with Crippen molar-refractivity contribution < 1.29 is 9.13 Å². The molecule has 49 heavy (non-hydrogen) atoms. The molecule has 0 saturated heterocycles. The largest absolute Gasteiger partial charge is 0.308 e. The van der Waals surface area contributed by atoms with Crippen LogP contribution in [0, 0.1) is 6.92 Å². The van der Waals surface area contributed by atoms with Crippen LogP contribution in [-0.4, -0.2) is 4.40 Å². The zero-order valence-electron chi connectivity index (χ0n) is 28.8. The van der Waals surface area contributed by atoms with Crippen LogP contribution in [0.2, 0.25) is 0 Å². The molecule has 0 radical (unpaired) electrons. The van der Waals surface area contributed by atoms with Gasteiger partial charge in [0.25, 0.3) is 0 Å². The van der Waals surface area contributed by atoms with E-state index in [9.17, 15) is 0 Å². The van der Waals surface area contributed by atoms with Crippen molar-refractivity contribution in [1.82, 2.24) is 4.40 Å². The highest BCUT2D eigenvalue weighted by Crippen LogP contribution is 2.46. The highest BCUT2D eigenvalue weighted by Gasteiger charge is 2.42. The first-order chi connectivity index (χ1) is 23.8. The first-order valence-electron chi connectivity index (χ1n) is 17.8. The predicted molar refractivity (Wildman–Crippen MR) is 202 cm³/mol. The lowest BCUT2D eigenvalue weighted by atomic mass is 9.77. The lowest BCUT2D eigenvalue weighted by Crippen LogP contribution is -2.49. The van der Waals surface area contributed by atoms with Crippen molar-refractivity contribution in [3.05, 3.63) is 144 Å². The van der Waals surface area contributed by atoms with E-state index in [-0.39, 0.29) is 11.5 Å². The summed E-state index contributed by atoms with van der Waals surface area (Å²) in [6, 6.07) is 39.6. The summed E-state index contributed by atoms with van der Waals surface area (Å²) in [5.41, 5.74) is 15.9. The van der Waals surface area contributed by atoms with Crippen molar-refractivity contribution in [2.75, 3.05) is 0 Å². The van der Waals surface area contributed by atoms with Crippen molar-refractivity contribution in [2.24, 2.45) is 0 Å². The zero-order chi connectivity index (χ0) is 33.2. The fourth-order valence-corrected chi connectivity index (χ4v) is 9.24.